The molecule has 3 N–H and O–H groups in total. The molecule has 1 aromatic heterocycles. The van der Waals surface area contributed by atoms with Crippen LogP contribution in [0.4, 0.5) is 5.13 Å². The van der Waals surface area contributed by atoms with E-state index in [2.05, 4.69) is 10.3 Å². The number of nitrogens with zero attached hydrogens (tertiary/aromatic N) is 1. The summed E-state index contributed by atoms with van der Waals surface area (Å²) in [5, 5.41) is 5.29. The first-order valence-corrected chi connectivity index (χ1v) is 7.14. The fraction of sp³-hybridized carbons (Fsp3) is 0.286. The van der Waals surface area contributed by atoms with Gasteiger partial charge in [-0.2, -0.15) is 0 Å². The SMILES string of the molecule is CO[C@H](C(=O)NCCc1csc(N)n1)c1ccccc1. The normalized spacial score (nSPS) is 12.1. The number of aromatic nitrogens is 1. The number of anilines is 1. The largest absolute Gasteiger partial charge is 0.375 e. The highest BCUT2D eigenvalue weighted by Crippen LogP contribution is 2.16. The van der Waals surface area contributed by atoms with E-state index in [0.29, 0.717) is 18.1 Å². The van der Waals surface area contributed by atoms with Crippen LogP contribution in [0.3, 0.4) is 0 Å². The molecule has 0 unspecified atom stereocenters. The zero-order valence-corrected chi connectivity index (χ0v) is 12.0. The maximum atomic E-state index is 12.1. The molecular formula is C14H17N3O2S. The third-order valence-corrected chi connectivity index (χ3v) is 3.55. The van der Waals surface area contributed by atoms with E-state index in [9.17, 15) is 4.79 Å². The van der Waals surface area contributed by atoms with Gasteiger partial charge in [0.05, 0.1) is 5.69 Å². The van der Waals surface area contributed by atoms with Gasteiger partial charge in [0.2, 0.25) is 0 Å². The summed E-state index contributed by atoms with van der Waals surface area (Å²) in [6.07, 6.45) is 0.0710. The highest BCUT2D eigenvalue weighted by Gasteiger charge is 2.19. The third kappa shape index (κ3) is 3.79. The summed E-state index contributed by atoms with van der Waals surface area (Å²) < 4.78 is 5.26. The Hall–Kier alpha value is -1.92. The van der Waals surface area contributed by atoms with Gasteiger partial charge in [0.1, 0.15) is 0 Å². The quantitative estimate of drug-likeness (QED) is 0.850. The Bertz CT molecular complexity index is 557. The predicted molar refractivity (Wildman–Crippen MR) is 79.4 cm³/mol. The number of nitrogens with two attached hydrogens (primary N) is 1. The Balaban J connectivity index is 1.87. The number of carbonyl (C=O) groups is 1. The van der Waals surface area contributed by atoms with Crippen LogP contribution in [0.15, 0.2) is 35.7 Å². The molecule has 0 aliphatic rings. The number of nitrogen functional groups attached to an aromatic ring is 1. The molecule has 0 saturated carbocycles. The Labute approximate surface area is 121 Å². The minimum Gasteiger partial charge on any atom is -0.375 e. The van der Waals surface area contributed by atoms with Gasteiger partial charge in [-0.25, -0.2) is 4.98 Å². The van der Waals surface area contributed by atoms with Crippen LogP contribution in [0.1, 0.15) is 17.4 Å². The number of nitrogens with one attached hydrogen (secondary N) is 1. The van der Waals surface area contributed by atoms with Crippen molar-refractivity contribution < 1.29 is 9.53 Å². The van der Waals surface area contributed by atoms with E-state index in [1.807, 2.05) is 35.7 Å². The van der Waals surface area contributed by atoms with Crippen molar-refractivity contribution >= 4 is 22.4 Å². The van der Waals surface area contributed by atoms with Crippen molar-refractivity contribution in [2.45, 2.75) is 12.5 Å². The van der Waals surface area contributed by atoms with Gasteiger partial charge >= 0.3 is 0 Å². The standard InChI is InChI=1S/C14H17N3O2S/c1-19-12(10-5-3-2-4-6-10)13(18)16-8-7-11-9-20-14(15)17-11/h2-6,9,12H,7-8H2,1H3,(H2,15,17)(H,16,18)/t12-/m0/s1. The summed E-state index contributed by atoms with van der Waals surface area (Å²) in [4.78, 5) is 16.2. The minimum atomic E-state index is -0.586. The number of methoxy groups -OCH3 is 1. The molecule has 0 aliphatic carbocycles. The minimum absolute atomic E-state index is 0.151. The Morgan fingerprint density at radius 3 is 2.80 bits per heavy atom. The molecule has 0 spiro atoms. The van der Waals surface area contributed by atoms with Gasteiger partial charge in [-0.1, -0.05) is 30.3 Å². The molecule has 0 fully saturated rings. The third-order valence-electron chi connectivity index (χ3n) is 2.83. The van der Waals surface area contributed by atoms with Crippen molar-refractivity contribution in [3.8, 4) is 0 Å². The molecule has 1 atom stereocenters. The topological polar surface area (TPSA) is 77.2 Å². The predicted octanol–water partition coefficient (Wildman–Crippen LogP) is 1.77. The number of amides is 1. The second-order valence-corrected chi connectivity index (χ2v) is 5.13. The molecule has 0 saturated heterocycles. The summed E-state index contributed by atoms with van der Waals surface area (Å²) in [6, 6.07) is 9.41. The summed E-state index contributed by atoms with van der Waals surface area (Å²) >= 11 is 1.40. The molecule has 0 bridgehead atoms. The number of rotatable bonds is 6. The molecule has 0 radical (unpaired) electrons. The van der Waals surface area contributed by atoms with Gasteiger partial charge in [0.15, 0.2) is 11.2 Å². The fourth-order valence-corrected chi connectivity index (χ4v) is 2.46. The van der Waals surface area contributed by atoms with Gasteiger partial charge in [0.25, 0.3) is 5.91 Å². The second kappa shape index (κ2) is 7.02. The van der Waals surface area contributed by atoms with Crippen molar-refractivity contribution in [3.63, 3.8) is 0 Å². The summed E-state index contributed by atoms with van der Waals surface area (Å²) in [5.74, 6) is -0.151. The lowest BCUT2D eigenvalue weighted by atomic mass is 10.1. The van der Waals surface area contributed by atoms with Crippen LogP contribution >= 0.6 is 11.3 Å². The van der Waals surface area contributed by atoms with Crippen molar-refractivity contribution in [3.05, 3.63) is 47.0 Å². The van der Waals surface area contributed by atoms with E-state index in [0.717, 1.165) is 11.3 Å². The molecule has 6 heteroatoms. The van der Waals surface area contributed by atoms with Crippen LogP contribution < -0.4 is 11.1 Å². The molecule has 0 aliphatic heterocycles. The highest BCUT2D eigenvalue weighted by molar-refractivity contribution is 7.13. The number of ether oxygens (including phenoxy) is 1. The Morgan fingerprint density at radius 1 is 1.45 bits per heavy atom. The molecule has 106 valence electrons. The smallest absolute Gasteiger partial charge is 0.253 e. The van der Waals surface area contributed by atoms with Crippen LogP contribution in [-0.2, 0) is 16.0 Å². The Kier molecular flexibility index (Phi) is 5.09. The first kappa shape index (κ1) is 14.5. The summed E-state index contributed by atoms with van der Waals surface area (Å²) in [7, 11) is 1.53. The average Bonchev–Trinajstić information content (AvgIpc) is 2.86. The van der Waals surface area contributed by atoms with Crippen LogP contribution in [0, 0.1) is 0 Å². The maximum absolute atomic E-state index is 12.1. The van der Waals surface area contributed by atoms with Gasteiger partial charge < -0.3 is 15.8 Å². The van der Waals surface area contributed by atoms with E-state index >= 15 is 0 Å². The molecule has 2 aromatic rings. The molecule has 1 heterocycles. The summed E-state index contributed by atoms with van der Waals surface area (Å²) in [5.41, 5.74) is 7.28. The molecule has 1 aromatic carbocycles. The molecule has 1 amide bonds. The monoisotopic (exact) mass is 291 g/mol. The molecular weight excluding hydrogens is 274 g/mol. The van der Waals surface area contributed by atoms with Gasteiger partial charge in [-0.3, -0.25) is 4.79 Å². The van der Waals surface area contributed by atoms with E-state index in [1.54, 1.807) is 0 Å². The van der Waals surface area contributed by atoms with Crippen LogP contribution in [0.25, 0.3) is 0 Å². The van der Waals surface area contributed by atoms with Crippen LogP contribution in [0.5, 0.6) is 0 Å². The lowest BCUT2D eigenvalue weighted by molar-refractivity contribution is -0.131. The van der Waals surface area contributed by atoms with Crippen molar-refractivity contribution in [2.24, 2.45) is 0 Å². The van der Waals surface area contributed by atoms with Crippen molar-refractivity contribution in [1.29, 1.82) is 0 Å². The average molecular weight is 291 g/mol. The summed E-state index contributed by atoms with van der Waals surface area (Å²) in [6.45, 7) is 0.509. The lowest BCUT2D eigenvalue weighted by Gasteiger charge is -2.15. The van der Waals surface area contributed by atoms with Crippen molar-refractivity contribution in [1.82, 2.24) is 10.3 Å². The van der Waals surface area contributed by atoms with Crippen molar-refractivity contribution in [2.75, 3.05) is 19.4 Å². The Morgan fingerprint density at radius 2 is 2.20 bits per heavy atom. The fourth-order valence-electron chi connectivity index (χ4n) is 1.87. The number of thiazole rings is 1. The first-order valence-electron chi connectivity index (χ1n) is 6.26. The zero-order valence-electron chi connectivity index (χ0n) is 11.2. The molecule has 20 heavy (non-hydrogen) atoms. The van der Waals surface area contributed by atoms with Gasteiger partial charge in [-0.05, 0) is 5.56 Å². The molecule has 2 rings (SSSR count). The lowest BCUT2D eigenvalue weighted by Crippen LogP contribution is -2.32. The first-order chi connectivity index (χ1) is 9.70. The number of hydrogen-bond acceptors (Lipinski definition) is 5. The number of hydrogen-bond donors (Lipinski definition) is 2. The highest BCUT2D eigenvalue weighted by atomic mass is 32.1. The maximum Gasteiger partial charge on any atom is 0.253 e. The van der Waals surface area contributed by atoms with Gasteiger partial charge in [-0.15, -0.1) is 11.3 Å². The number of carbonyl (C=O) groups excluding carboxylic acids is 1. The van der Waals surface area contributed by atoms with Gasteiger partial charge in [0, 0.05) is 25.5 Å². The van der Waals surface area contributed by atoms with Crippen LogP contribution in [-0.4, -0.2) is 24.5 Å². The van der Waals surface area contributed by atoms with E-state index < -0.39 is 6.10 Å². The second-order valence-electron chi connectivity index (χ2n) is 4.24. The van der Waals surface area contributed by atoms with E-state index in [-0.39, 0.29) is 5.91 Å². The number of benzene rings is 1. The molecule has 5 nitrogen and oxygen atoms in total. The van der Waals surface area contributed by atoms with E-state index in [1.165, 1.54) is 18.4 Å². The van der Waals surface area contributed by atoms with E-state index in [4.69, 9.17) is 10.5 Å². The zero-order chi connectivity index (χ0) is 14.4. The van der Waals surface area contributed by atoms with Crippen LogP contribution in [0.2, 0.25) is 0 Å².